The molecule has 0 radical (unpaired) electrons. The van der Waals surface area contributed by atoms with Crippen molar-refractivity contribution in [1.29, 1.82) is 0 Å². The van der Waals surface area contributed by atoms with Crippen LogP contribution in [-0.2, 0) is 11.3 Å². The van der Waals surface area contributed by atoms with E-state index in [0.29, 0.717) is 18.4 Å². The van der Waals surface area contributed by atoms with Crippen LogP contribution in [0.25, 0.3) is 0 Å². The minimum atomic E-state index is -0.293. The van der Waals surface area contributed by atoms with E-state index >= 15 is 0 Å². The van der Waals surface area contributed by atoms with Crippen LogP contribution in [0.4, 0.5) is 5.69 Å². The summed E-state index contributed by atoms with van der Waals surface area (Å²) in [4.78, 5) is 4.22. The van der Waals surface area contributed by atoms with Crippen molar-refractivity contribution < 1.29 is 14.6 Å². The van der Waals surface area contributed by atoms with E-state index in [0.717, 1.165) is 36.6 Å². The molecule has 3 aromatic rings. The van der Waals surface area contributed by atoms with Crippen LogP contribution < -0.4 is 10.1 Å². The van der Waals surface area contributed by atoms with Crippen LogP contribution in [0.2, 0.25) is 0 Å². The molecule has 1 aliphatic heterocycles. The fourth-order valence-corrected chi connectivity index (χ4v) is 3.99. The van der Waals surface area contributed by atoms with E-state index in [1.54, 1.807) is 12.4 Å². The van der Waals surface area contributed by atoms with Crippen molar-refractivity contribution in [3.05, 3.63) is 89.2 Å². The first-order valence-electron chi connectivity index (χ1n) is 10.4. The Hall–Kier alpha value is -2.89. The van der Waals surface area contributed by atoms with Crippen LogP contribution in [-0.4, -0.2) is 30.0 Å². The molecule has 0 amide bonds. The molecule has 2 heterocycles. The Morgan fingerprint density at radius 1 is 1.17 bits per heavy atom. The van der Waals surface area contributed by atoms with Crippen molar-refractivity contribution in [2.75, 3.05) is 25.3 Å². The quantitative estimate of drug-likeness (QED) is 0.534. The van der Waals surface area contributed by atoms with Crippen LogP contribution in [0, 0.1) is 0 Å². The van der Waals surface area contributed by atoms with E-state index < -0.39 is 0 Å². The van der Waals surface area contributed by atoms with Gasteiger partial charge in [-0.25, -0.2) is 0 Å². The van der Waals surface area contributed by atoms with Gasteiger partial charge in [0, 0.05) is 30.1 Å². The zero-order chi connectivity index (χ0) is 20.8. The number of aromatic nitrogens is 1. The highest BCUT2D eigenvalue weighted by Gasteiger charge is 2.23. The van der Waals surface area contributed by atoms with E-state index in [-0.39, 0.29) is 6.79 Å². The maximum atomic E-state index is 8.92. The summed E-state index contributed by atoms with van der Waals surface area (Å²) in [5, 5.41) is 12.4. The summed E-state index contributed by atoms with van der Waals surface area (Å²) in [6.45, 7) is 3.81. The van der Waals surface area contributed by atoms with Gasteiger partial charge in [-0.05, 0) is 35.2 Å². The van der Waals surface area contributed by atoms with Gasteiger partial charge < -0.3 is 19.9 Å². The highest BCUT2D eigenvalue weighted by atomic mass is 16.6. The topological polar surface area (TPSA) is 63.6 Å². The predicted octanol–water partition coefficient (Wildman–Crippen LogP) is 4.68. The molecule has 2 aromatic carbocycles. The third-order valence-corrected chi connectivity index (χ3v) is 5.80. The molecule has 2 atom stereocenters. The van der Waals surface area contributed by atoms with Gasteiger partial charge in [0.1, 0.15) is 12.5 Å². The number of benzene rings is 2. The Labute approximate surface area is 177 Å². The number of ether oxygens (including phenoxy) is 2. The smallest absolute Gasteiger partial charge is 0.144 e. The summed E-state index contributed by atoms with van der Waals surface area (Å²) in [6, 6.07) is 19.1. The first-order chi connectivity index (χ1) is 14.8. The molecule has 30 heavy (non-hydrogen) atoms. The zero-order valence-corrected chi connectivity index (χ0v) is 17.3. The average molecular weight is 405 g/mol. The van der Waals surface area contributed by atoms with E-state index in [1.807, 2.05) is 12.1 Å². The third kappa shape index (κ3) is 4.64. The number of nitrogens with zero attached hydrogens (tertiary/aromatic N) is 1. The van der Waals surface area contributed by atoms with E-state index in [4.69, 9.17) is 14.6 Å². The summed E-state index contributed by atoms with van der Waals surface area (Å²) in [6.07, 6.45) is 4.51. The van der Waals surface area contributed by atoms with Crippen molar-refractivity contribution in [3.8, 4) is 5.75 Å². The highest BCUT2D eigenvalue weighted by Crippen LogP contribution is 2.37. The molecule has 0 spiro atoms. The Kier molecular flexibility index (Phi) is 6.62. The van der Waals surface area contributed by atoms with Crippen LogP contribution in [0.1, 0.15) is 47.4 Å². The predicted molar refractivity (Wildman–Crippen MR) is 118 cm³/mol. The van der Waals surface area contributed by atoms with Gasteiger partial charge >= 0.3 is 0 Å². The molecule has 156 valence electrons. The number of nitrogens with one attached hydrogen (secondary N) is 1. The molecule has 0 saturated heterocycles. The first-order valence-corrected chi connectivity index (χ1v) is 10.4. The molecule has 0 aliphatic carbocycles. The minimum absolute atomic E-state index is 0.293. The van der Waals surface area contributed by atoms with Crippen LogP contribution in [0.5, 0.6) is 5.75 Å². The fraction of sp³-hybridized carbons (Fsp3) is 0.320. The van der Waals surface area contributed by atoms with Crippen LogP contribution >= 0.6 is 0 Å². The molecule has 0 bridgehead atoms. The zero-order valence-electron chi connectivity index (χ0n) is 17.3. The number of aliphatic hydroxyl groups excluding tert-OH is 1. The van der Waals surface area contributed by atoms with Crippen LogP contribution in [0.15, 0.2) is 67.0 Å². The van der Waals surface area contributed by atoms with Gasteiger partial charge in [-0.15, -0.1) is 0 Å². The van der Waals surface area contributed by atoms with Crippen molar-refractivity contribution in [1.82, 2.24) is 4.98 Å². The van der Waals surface area contributed by atoms with Crippen molar-refractivity contribution in [2.24, 2.45) is 0 Å². The number of aliphatic hydroxyl groups is 1. The monoisotopic (exact) mass is 404 g/mol. The van der Waals surface area contributed by atoms with Crippen molar-refractivity contribution in [3.63, 3.8) is 0 Å². The lowest BCUT2D eigenvalue weighted by atomic mass is 9.88. The van der Waals surface area contributed by atoms with Gasteiger partial charge in [-0.1, -0.05) is 49.4 Å². The summed E-state index contributed by atoms with van der Waals surface area (Å²) >= 11 is 0. The molecule has 0 saturated carbocycles. The molecule has 1 aliphatic rings. The highest BCUT2D eigenvalue weighted by molar-refractivity contribution is 5.50. The van der Waals surface area contributed by atoms with Gasteiger partial charge in [0.2, 0.25) is 0 Å². The van der Waals surface area contributed by atoms with E-state index in [1.165, 1.54) is 16.7 Å². The lowest BCUT2D eigenvalue weighted by Crippen LogP contribution is -2.21. The molecule has 2 N–H and O–H groups in total. The maximum Gasteiger partial charge on any atom is 0.144 e. The molecule has 5 heteroatoms. The van der Waals surface area contributed by atoms with Crippen molar-refractivity contribution >= 4 is 5.69 Å². The third-order valence-electron chi connectivity index (χ3n) is 5.80. The number of hydrogen-bond donors (Lipinski definition) is 2. The molecular formula is C25H28N2O3. The summed E-state index contributed by atoms with van der Waals surface area (Å²) in [5.74, 6) is 1.67. The largest absolute Gasteiger partial charge is 0.493 e. The van der Waals surface area contributed by atoms with Gasteiger partial charge in [0.05, 0.1) is 25.1 Å². The Balaban J connectivity index is 1.48. The number of anilines is 1. The van der Waals surface area contributed by atoms with Gasteiger partial charge in [-0.2, -0.15) is 0 Å². The fourth-order valence-electron chi connectivity index (χ4n) is 3.99. The number of hydrogen-bond acceptors (Lipinski definition) is 5. The summed E-state index contributed by atoms with van der Waals surface area (Å²) in [5.41, 5.74) is 5.74. The second-order valence-electron chi connectivity index (χ2n) is 7.65. The second-order valence-corrected chi connectivity index (χ2v) is 7.65. The summed E-state index contributed by atoms with van der Waals surface area (Å²) in [7, 11) is 0. The van der Waals surface area contributed by atoms with Gasteiger partial charge in [0.25, 0.3) is 0 Å². The van der Waals surface area contributed by atoms with Crippen LogP contribution in [0.3, 0.4) is 0 Å². The molecule has 1 unspecified atom stereocenters. The number of rotatable bonds is 8. The minimum Gasteiger partial charge on any atom is -0.493 e. The average Bonchev–Trinajstić information content (AvgIpc) is 2.81. The number of fused-ring (bicyclic) bond motifs is 1. The molecule has 0 fully saturated rings. The van der Waals surface area contributed by atoms with E-state index in [2.05, 4.69) is 59.7 Å². The van der Waals surface area contributed by atoms with E-state index in [9.17, 15) is 0 Å². The van der Waals surface area contributed by atoms with Gasteiger partial charge in [-0.3, -0.25) is 4.98 Å². The van der Waals surface area contributed by atoms with Gasteiger partial charge in [0.15, 0.2) is 0 Å². The summed E-state index contributed by atoms with van der Waals surface area (Å²) < 4.78 is 11.2. The number of pyridine rings is 1. The molecule has 4 rings (SSSR count). The lowest BCUT2D eigenvalue weighted by molar-refractivity contribution is -0.0110. The molecular weight excluding hydrogens is 376 g/mol. The van der Waals surface area contributed by atoms with Crippen molar-refractivity contribution in [2.45, 2.75) is 31.8 Å². The Morgan fingerprint density at radius 2 is 2.03 bits per heavy atom. The standard InChI is InChI=1S/C25H28N2O3/c1-18(19-5-3-2-4-6-19)20-7-8-23-21(10-12-30-25(23)13-20)14-27-24-15-26-11-9-22(24)16-29-17-28/h2-9,11,13,15,18,21,27-28H,10,12,14,16-17H2,1H3/t18?,21-/m0/s1. The second kappa shape index (κ2) is 9.74. The normalized spacial score (nSPS) is 16.4. The maximum absolute atomic E-state index is 8.92. The Bertz CT molecular complexity index is 962. The first kappa shape index (κ1) is 20.4. The molecule has 1 aromatic heterocycles. The molecule has 5 nitrogen and oxygen atoms in total. The SMILES string of the molecule is CC(c1ccccc1)c1ccc2c(c1)OCC[C@H]2CNc1cnccc1COCO. The lowest BCUT2D eigenvalue weighted by Gasteiger charge is -2.28. The Morgan fingerprint density at radius 3 is 2.87 bits per heavy atom.